The molecule has 0 bridgehead atoms. The third-order valence-corrected chi connectivity index (χ3v) is 4.18. The molecule has 1 nitrogen and oxygen atoms in total. The van der Waals surface area contributed by atoms with Crippen molar-refractivity contribution in [2.45, 2.75) is 12.0 Å². The molecule has 0 unspecified atom stereocenters. The quantitative estimate of drug-likeness (QED) is 0.570. The first-order valence-electron chi connectivity index (χ1n) is 8.52. The standard InChI is InChI=1S/C24H22O/c25-24(22-17-8-3-9-18-22)23(21-15-6-2-7-16-21)19-11-10-14-20-12-4-1-5-13-20/h1-19,23-25H/b14-10+,19-11-/t23-,24-/m1/s1. The second kappa shape index (κ2) is 8.81. The van der Waals surface area contributed by atoms with Crippen molar-refractivity contribution in [3.8, 4) is 0 Å². The van der Waals surface area contributed by atoms with E-state index in [2.05, 4.69) is 36.4 Å². The van der Waals surface area contributed by atoms with Crippen LogP contribution in [-0.2, 0) is 0 Å². The number of allylic oxidation sites excluding steroid dienone is 2. The monoisotopic (exact) mass is 326 g/mol. The Balaban J connectivity index is 1.82. The van der Waals surface area contributed by atoms with Gasteiger partial charge in [0.05, 0.1) is 6.10 Å². The van der Waals surface area contributed by atoms with E-state index in [4.69, 9.17) is 0 Å². The minimum atomic E-state index is -0.579. The summed E-state index contributed by atoms with van der Waals surface area (Å²) in [6.45, 7) is 0. The van der Waals surface area contributed by atoms with Gasteiger partial charge in [-0.1, -0.05) is 115 Å². The van der Waals surface area contributed by atoms with Crippen molar-refractivity contribution < 1.29 is 5.11 Å². The lowest BCUT2D eigenvalue weighted by Crippen LogP contribution is -2.08. The maximum atomic E-state index is 10.9. The van der Waals surface area contributed by atoms with Gasteiger partial charge in [-0.3, -0.25) is 0 Å². The van der Waals surface area contributed by atoms with E-state index in [0.29, 0.717) is 0 Å². The van der Waals surface area contributed by atoms with Crippen molar-refractivity contribution in [1.29, 1.82) is 0 Å². The van der Waals surface area contributed by atoms with Gasteiger partial charge in [-0.15, -0.1) is 0 Å². The SMILES string of the molecule is O[C@H](c1ccccc1)[C@H](/C=C\C=C\c1ccccc1)c1ccccc1. The molecule has 0 aromatic heterocycles. The fraction of sp³-hybridized carbons (Fsp3) is 0.0833. The average Bonchev–Trinajstić information content (AvgIpc) is 2.70. The number of aliphatic hydroxyl groups is 1. The third-order valence-electron chi connectivity index (χ3n) is 4.18. The highest BCUT2D eigenvalue weighted by Gasteiger charge is 2.19. The molecule has 3 aromatic rings. The Hall–Kier alpha value is -2.90. The summed E-state index contributed by atoms with van der Waals surface area (Å²) in [7, 11) is 0. The molecule has 124 valence electrons. The van der Waals surface area contributed by atoms with Gasteiger partial charge in [0, 0.05) is 5.92 Å². The van der Waals surface area contributed by atoms with Gasteiger partial charge in [-0.2, -0.15) is 0 Å². The fourth-order valence-electron chi connectivity index (χ4n) is 2.85. The van der Waals surface area contributed by atoms with Crippen LogP contribution in [0.1, 0.15) is 28.7 Å². The first kappa shape index (κ1) is 16.9. The molecule has 2 atom stereocenters. The Morgan fingerprint density at radius 3 is 1.72 bits per heavy atom. The van der Waals surface area contributed by atoms with Gasteiger partial charge < -0.3 is 5.11 Å². The number of rotatable bonds is 6. The van der Waals surface area contributed by atoms with Crippen molar-refractivity contribution >= 4 is 6.08 Å². The van der Waals surface area contributed by atoms with E-state index < -0.39 is 6.10 Å². The molecule has 0 radical (unpaired) electrons. The van der Waals surface area contributed by atoms with E-state index in [0.717, 1.165) is 16.7 Å². The van der Waals surface area contributed by atoms with Crippen molar-refractivity contribution in [2.75, 3.05) is 0 Å². The Bertz CT molecular complexity index is 804. The summed E-state index contributed by atoms with van der Waals surface area (Å²) < 4.78 is 0. The third kappa shape index (κ3) is 4.79. The van der Waals surface area contributed by atoms with E-state index in [-0.39, 0.29) is 5.92 Å². The topological polar surface area (TPSA) is 20.2 Å². The van der Waals surface area contributed by atoms with Crippen LogP contribution >= 0.6 is 0 Å². The maximum Gasteiger partial charge on any atom is 0.0893 e. The summed E-state index contributed by atoms with van der Waals surface area (Å²) in [6.07, 6.45) is 7.57. The number of hydrogen-bond donors (Lipinski definition) is 1. The molecule has 1 N–H and O–H groups in total. The van der Waals surface area contributed by atoms with Crippen molar-refractivity contribution in [1.82, 2.24) is 0 Å². The second-order valence-electron chi connectivity index (χ2n) is 5.95. The summed E-state index contributed by atoms with van der Waals surface area (Å²) in [5.41, 5.74) is 3.18. The molecule has 25 heavy (non-hydrogen) atoms. The van der Waals surface area contributed by atoms with Crippen LogP contribution in [0, 0.1) is 0 Å². The smallest absolute Gasteiger partial charge is 0.0893 e. The van der Waals surface area contributed by atoms with E-state index in [1.54, 1.807) is 0 Å². The van der Waals surface area contributed by atoms with Gasteiger partial charge >= 0.3 is 0 Å². The van der Waals surface area contributed by atoms with Crippen molar-refractivity contribution in [2.24, 2.45) is 0 Å². The average molecular weight is 326 g/mol. The van der Waals surface area contributed by atoms with Crippen LogP contribution in [0.2, 0.25) is 0 Å². The summed E-state index contributed by atoms with van der Waals surface area (Å²) in [5, 5.41) is 10.9. The summed E-state index contributed by atoms with van der Waals surface area (Å²) in [4.78, 5) is 0. The van der Waals surface area contributed by atoms with Crippen molar-refractivity contribution in [3.05, 3.63) is 126 Å². The van der Waals surface area contributed by atoms with Gasteiger partial charge in [-0.05, 0) is 16.7 Å². The molecule has 0 fully saturated rings. The van der Waals surface area contributed by atoms with Gasteiger partial charge in [0.15, 0.2) is 0 Å². The second-order valence-corrected chi connectivity index (χ2v) is 5.95. The van der Waals surface area contributed by atoms with E-state index in [1.165, 1.54) is 0 Å². The lowest BCUT2D eigenvalue weighted by atomic mass is 9.89. The zero-order valence-corrected chi connectivity index (χ0v) is 14.1. The van der Waals surface area contributed by atoms with E-state index in [1.807, 2.05) is 78.9 Å². The molecule has 1 heteroatoms. The van der Waals surface area contributed by atoms with Crippen molar-refractivity contribution in [3.63, 3.8) is 0 Å². The molecular formula is C24H22O. The Morgan fingerprint density at radius 2 is 1.12 bits per heavy atom. The normalized spacial score (nSPS) is 14.0. The van der Waals surface area contributed by atoms with Crippen LogP contribution in [0.15, 0.2) is 109 Å². The highest BCUT2D eigenvalue weighted by molar-refractivity contribution is 5.50. The molecule has 0 amide bonds. The molecule has 0 saturated heterocycles. The molecule has 0 spiro atoms. The van der Waals surface area contributed by atoms with Crippen LogP contribution in [-0.4, -0.2) is 5.11 Å². The Labute approximate surface area is 149 Å². The van der Waals surface area contributed by atoms with Gasteiger partial charge in [0.25, 0.3) is 0 Å². The zero-order valence-electron chi connectivity index (χ0n) is 14.1. The minimum Gasteiger partial charge on any atom is -0.387 e. The Morgan fingerprint density at radius 1 is 0.600 bits per heavy atom. The Kier molecular flexibility index (Phi) is 5.97. The van der Waals surface area contributed by atoms with E-state index in [9.17, 15) is 5.11 Å². The number of aliphatic hydroxyl groups excluding tert-OH is 1. The van der Waals surface area contributed by atoms with Crippen LogP contribution in [0.3, 0.4) is 0 Å². The lowest BCUT2D eigenvalue weighted by Gasteiger charge is -2.20. The molecule has 3 aromatic carbocycles. The molecule has 0 heterocycles. The van der Waals surface area contributed by atoms with Gasteiger partial charge in [-0.25, -0.2) is 0 Å². The lowest BCUT2D eigenvalue weighted by molar-refractivity contribution is 0.162. The molecule has 0 saturated carbocycles. The molecular weight excluding hydrogens is 304 g/mol. The highest BCUT2D eigenvalue weighted by Crippen LogP contribution is 2.32. The fourth-order valence-corrected chi connectivity index (χ4v) is 2.85. The van der Waals surface area contributed by atoms with Gasteiger partial charge in [0.2, 0.25) is 0 Å². The summed E-state index contributed by atoms with van der Waals surface area (Å²) >= 11 is 0. The summed E-state index contributed by atoms with van der Waals surface area (Å²) in [6, 6.07) is 30.1. The van der Waals surface area contributed by atoms with Crippen LogP contribution in [0.5, 0.6) is 0 Å². The van der Waals surface area contributed by atoms with Crippen LogP contribution in [0.25, 0.3) is 6.08 Å². The molecule has 0 aliphatic heterocycles. The summed E-state index contributed by atoms with van der Waals surface area (Å²) in [5.74, 6) is -0.0935. The maximum absolute atomic E-state index is 10.9. The predicted molar refractivity (Wildman–Crippen MR) is 105 cm³/mol. The zero-order chi connectivity index (χ0) is 17.3. The highest BCUT2D eigenvalue weighted by atomic mass is 16.3. The van der Waals surface area contributed by atoms with Crippen LogP contribution in [0.4, 0.5) is 0 Å². The predicted octanol–water partition coefficient (Wildman–Crippen LogP) is 5.77. The number of benzene rings is 3. The molecule has 0 aliphatic rings. The minimum absolute atomic E-state index is 0.0935. The first-order valence-corrected chi connectivity index (χ1v) is 8.52. The van der Waals surface area contributed by atoms with E-state index >= 15 is 0 Å². The first-order chi connectivity index (χ1) is 12.3. The van der Waals surface area contributed by atoms with Gasteiger partial charge in [0.1, 0.15) is 0 Å². The number of hydrogen-bond acceptors (Lipinski definition) is 1. The van der Waals surface area contributed by atoms with Crippen LogP contribution < -0.4 is 0 Å². The largest absolute Gasteiger partial charge is 0.387 e. The molecule has 0 aliphatic carbocycles. The molecule has 3 rings (SSSR count).